The smallest absolute Gasteiger partial charge is 0.202 e. The summed E-state index contributed by atoms with van der Waals surface area (Å²) >= 11 is 3.08. The third kappa shape index (κ3) is 3.41. The molecule has 0 fully saturated rings. The Morgan fingerprint density at radius 3 is 2.53 bits per heavy atom. The minimum absolute atomic E-state index is 0.110. The molecule has 0 amide bonds. The van der Waals surface area contributed by atoms with E-state index in [0.717, 1.165) is 0 Å². The summed E-state index contributed by atoms with van der Waals surface area (Å²) in [7, 11) is 0. The maximum absolute atomic E-state index is 13.1. The van der Waals surface area contributed by atoms with Gasteiger partial charge in [0.1, 0.15) is 11.6 Å². The summed E-state index contributed by atoms with van der Waals surface area (Å²) < 4.78 is 18.9. The van der Waals surface area contributed by atoms with Crippen LogP contribution in [-0.4, -0.2) is 11.9 Å². The average Bonchev–Trinajstić information content (AvgIpc) is 2.43. The van der Waals surface area contributed by atoms with E-state index in [0.29, 0.717) is 15.8 Å². The van der Waals surface area contributed by atoms with E-state index in [9.17, 15) is 9.18 Å². The second kappa shape index (κ2) is 5.97. The quantitative estimate of drug-likeness (QED) is 0.787. The number of carbonyl (C=O) groups excluding carboxylic acids is 1. The summed E-state index contributed by atoms with van der Waals surface area (Å²) in [5, 5.41) is 0. The molecule has 2 nitrogen and oxygen atoms in total. The van der Waals surface area contributed by atoms with Crippen molar-refractivity contribution in [2.24, 2.45) is 0 Å². The fraction of sp³-hybridized carbons (Fsp3) is 0.133. The SMILES string of the molecule is CC(Oc1ccc(F)c(Br)c1)C(=O)c1ccccc1. The highest BCUT2D eigenvalue weighted by atomic mass is 79.9. The second-order valence-electron chi connectivity index (χ2n) is 4.07. The monoisotopic (exact) mass is 322 g/mol. The molecule has 0 N–H and O–H groups in total. The van der Waals surface area contributed by atoms with Crippen molar-refractivity contribution < 1.29 is 13.9 Å². The zero-order chi connectivity index (χ0) is 13.8. The van der Waals surface area contributed by atoms with Gasteiger partial charge >= 0.3 is 0 Å². The van der Waals surface area contributed by atoms with Crippen LogP contribution in [0, 0.1) is 5.82 Å². The largest absolute Gasteiger partial charge is 0.483 e. The Morgan fingerprint density at radius 1 is 1.21 bits per heavy atom. The molecule has 0 aliphatic rings. The van der Waals surface area contributed by atoms with Crippen LogP contribution in [0.5, 0.6) is 5.75 Å². The highest BCUT2D eigenvalue weighted by Gasteiger charge is 2.16. The van der Waals surface area contributed by atoms with Crippen LogP contribution in [0.4, 0.5) is 4.39 Å². The number of benzene rings is 2. The molecule has 4 heteroatoms. The highest BCUT2D eigenvalue weighted by molar-refractivity contribution is 9.10. The number of halogens is 2. The first-order valence-electron chi connectivity index (χ1n) is 5.79. The van der Waals surface area contributed by atoms with Crippen molar-refractivity contribution in [3.05, 3.63) is 64.4 Å². The minimum atomic E-state index is -0.625. The Kier molecular flexibility index (Phi) is 4.32. The average molecular weight is 323 g/mol. The second-order valence-corrected chi connectivity index (χ2v) is 4.92. The van der Waals surface area contributed by atoms with Crippen LogP contribution in [-0.2, 0) is 0 Å². The van der Waals surface area contributed by atoms with E-state index in [1.807, 2.05) is 6.07 Å². The van der Waals surface area contributed by atoms with Crippen LogP contribution < -0.4 is 4.74 Å². The van der Waals surface area contributed by atoms with Gasteiger partial charge in [-0.15, -0.1) is 0 Å². The van der Waals surface area contributed by atoms with Crippen molar-refractivity contribution in [1.82, 2.24) is 0 Å². The van der Waals surface area contributed by atoms with Gasteiger partial charge in [-0.25, -0.2) is 4.39 Å². The topological polar surface area (TPSA) is 26.3 Å². The lowest BCUT2D eigenvalue weighted by atomic mass is 10.1. The van der Waals surface area contributed by atoms with Crippen molar-refractivity contribution in [2.75, 3.05) is 0 Å². The molecule has 0 radical (unpaired) electrons. The first-order valence-corrected chi connectivity index (χ1v) is 6.58. The first kappa shape index (κ1) is 13.7. The molecule has 0 bridgehead atoms. The van der Waals surface area contributed by atoms with Gasteiger partial charge in [-0.05, 0) is 41.1 Å². The summed E-state index contributed by atoms with van der Waals surface area (Å²) in [6, 6.07) is 13.2. The van der Waals surface area contributed by atoms with Crippen LogP contribution in [0.2, 0.25) is 0 Å². The number of Topliss-reactive ketones (excluding diaryl/α,β-unsaturated/α-hetero) is 1. The molecule has 19 heavy (non-hydrogen) atoms. The van der Waals surface area contributed by atoms with Gasteiger partial charge in [0.15, 0.2) is 6.10 Å². The van der Waals surface area contributed by atoms with E-state index < -0.39 is 6.10 Å². The van der Waals surface area contributed by atoms with Gasteiger partial charge < -0.3 is 4.74 Å². The van der Waals surface area contributed by atoms with Gasteiger partial charge in [-0.2, -0.15) is 0 Å². The van der Waals surface area contributed by atoms with Gasteiger partial charge in [-0.1, -0.05) is 30.3 Å². The van der Waals surface area contributed by atoms with Crippen molar-refractivity contribution in [3.63, 3.8) is 0 Å². The fourth-order valence-corrected chi connectivity index (χ4v) is 2.00. The van der Waals surface area contributed by atoms with Gasteiger partial charge in [-0.3, -0.25) is 4.79 Å². The summed E-state index contributed by atoms with van der Waals surface area (Å²) in [5.41, 5.74) is 0.594. The molecule has 1 atom stereocenters. The van der Waals surface area contributed by atoms with Gasteiger partial charge in [0.25, 0.3) is 0 Å². The molecule has 2 rings (SSSR count). The number of ketones is 1. The van der Waals surface area contributed by atoms with Crippen LogP contribution in [0.1, 0.15) is 17.3 Å². The molecule has 0 aliphatic heterocycles. The Labute approximate surface area is 119 Å². The van der Waals surface area contributed by atoms with Crippen molar-refractivity contribution in [3.8, 4) is 5.75 Å². The molecule has 0 aliphatic carbocycles. The standard InChI is InChI=1S/C15H12BrFO2/c1-10(15(18)11-5-3-2-4-6-11)19-12-7-8-14(17)13(16)9-12/h2-10H,1H3. The zero-order valence-electron chi connectivity index (χ0n) is 10.3. The lowest BCUT2D eigenvalue weighted by Gasteiger charge is -2.14. The summed E-state index contributed by atoms with van der Waals surface area (Å²) in [4.78, 5) is 12.1. The number of carbonyl (C=O) groups is 1. The Balaban J connectivity index is 2.10. The number of hydrogen-bond acceptors (Lipinski definition) is 2. The molecule has 2 aromatic carbocycles. The Hall–Kier alpha value is -1.68. The lowest BCUT2D eigenvalue weighted by Crippen LogP contribution is -2.23. The fourth-order valence-electron chi connectivity index (χ4n) is 1.64. The summed E-state index contributed by atoms with van der Waals surface area (Å²) in [6.07, 6.45) is -0.625. The van der Waals surface area contributed by atoms with E-state index in [1.165, 1.54) is 18.2 Å². The van der Waals surface area contributed by atoms with E-state index in [4.69, 9.17) is 4.74 Å². The molecule has 98 valence electrons. The van der Waals surface area contributed by atoms with Crippen LogP contribution in [0.15, 0.2) is 53.0 Å². The number of ether oxygens (including phenoxy) is 1. The summed E-state index contributed by atoms with van der Waals surface area (Å²) in [6.45, 7) is 1.67. The molecule has 0 heterocycles. The molecule has 0 spiro atoms. The van der Waals surface area contributed by atoms with Crippen LogP contribution in [0.3, 0.4) is 0 Å². The third-order valence-corrected chi connectivity index (χ3v) is 3.24. The van der Waals surface area contributed by atoms with Crippen LogP contribution >= 0.6 is 15.9 Å². The molecule has 2 aromatic rings. The normalized spacial score (nSPS) is 11.9. The van der Waals surface area contributed by atoms with E-state index in [2.05, 4.69) is 15.9 Å². The van der Waals surface area contributed by atoms with E-state index in [-0.39, 0.29) is 11.6 Å². The predicted molar refractivity (Wildman–Crippen MR) is 75.0 cm³/mol. The zero-order valence-corrected chi connectivity index (χ0v) is 11.9. The molecule has 1 unspecified atom stereocenters. The van der Waals surface area contributed by atoms with Crippen molar-refractivity contribution in [1.29, 1.82) is 0 Å². The predicted octanol–water partition coefficient (Wildman–Crippen LogP) is 4.24. The molecule has 0 saturated heterocycles. The first-order chi connectivity index (χ1) is 9.08. The minimum Gasteiger partial charge on any atom is -0.483 e. The highest BCUT2D eigenvalue weighted by Crippen LogP contribution is 2.23. The molecular formula is C15H12BrFO2. The van der Waals surface area contributed by atoms with E-state index in [1.54, 1.807) is 31.2 Å². The van der Waals surface area contributed by atoms with Gasteiger partial charge in [0.05, 0.1) is 4.47 Å². The van der Waals surface area contributed by atoms with Gasteiger partial charge in [0.2, 0.25) is 5.78 Å². The number of hydrogen-bond donors (Lipinski definition) is 0. The Morgan fingerprint density at radius 2 is 1.89 bits per heavy atom. The van der Waals surface area contributed by atoms with Crippen molar-refractivity contribution in [2.45, 2.75) is 13.0 Å². The maximum Gasteiger partial charge on any atom is 0.202 e. The third-order valence-electron chi connectivity index (χ3n) is 2.63. The maximum atomic E-state index is 13.1. The number of rotatable bonds is 4. The molecule has 0 aromatic heterocycles. The lowest BCUT2D eigenvalue weighted by molar-refractivity contribution is 0.0818. The summed E-state index contributed by atoms with van der Waals surface area (Å²) in [5.74, 6) is -0.0273. The van der Waals surface area contributed by atoms with Gasteiger partial charge in [0, 0.05) is 5.56 Å². The molecular weight excluding hydrogens is 311 g/mol. The molecule has 0 saturated carbocycles. The van der Waals surface area contributed by atoms with E-state index >= 15 is 0 Å². The Bertz CT molecular complexity index is 584. The van der Waals surface area contributed by atoms with Crippen molar-refractivity contribution >= 4 is 21.7 Å². The van der Waals surface area contributed by atoms with Crippen LogP contribution in [0.25, 0.3) is 0 Å².